The zero-order chi connectivity index (χ0) is 8.85. The smallest absolute Gasteiger partial charge is 0.535 e. The van der Waals surface area contributed by atoms with Crippen LogP contribution >= 0.6 is 0 Å². The zero-order valence-electron chi connectivity index (χ0n) is 7.33. The molecular formula is C7H9CsO4. The van der Waals surface area contributed by atoms with Crippen LogP contribution in [-0.2, 0) is 14.3 Å². The van der Waals surface area contributed by atoms with E-state index in [0.29, 0.717) is 5.57 Å². The van der Waals surface area contributed by atoms with Gasteiger partial charge in [-0.2, -0.15) is 5.57 Å². The first-order valence-corrected chi connectivity index (χ1v) is 2.92. The third-order valence-corrected chi connectivity index (χ3v) is 1.01. The molecule has 62 valence electrons. The largest absolute Gasteiger partial charge is 1.00 e. The van der Waals surface area contributed by atoms with E-state index in [1.165, 1.54) is 0 Å². The number of carbonyl (C=O) groups excluding carboxylic acids is 1. The summed E-state index contributed by atoms with van der Waals surface area (Å²) in [6.45, 7) is 4.32. The Bertz CT molecular complexity index is 194. The van der Waals surface area contributed by atoms with E-state index in [2.05, 4.69) is 4.74 Å². The maximum absolute atomic E-state index is 10.4. The van der Waals surface area contributed by atoms with Gasteiger partial charge in [0.25, 0.3) is 6.47 Å². The molecule has 0 rings (SSSR count). The molecule has 0 aliphatic heterocycles. The topological polar surface area (TPSA) is 63.6 Å². The summed E-state index contributed by atoms with van der Waals surface area (Å²) >= 11 is 0. The van der Waals surface area contributed by atoms with Crippen LogP contribution < -0.4 is 68.9 Å². The molecule has 0 aromatic carbocycles. The molecule has 0 unspecified atom stereocenters. The van der Waals surface area contributed by atoms with Gasteiger partial charge in [0, 0.05) is 0 Å². The van der Waals surface area contributed by atoms with Crippen LogP contribution in [0, 0.1) is 6.61 Å². The van der Waals surface area contributed by atoms with Crippen LogP contribution in [0.25, 0.3) is 0 Å². The van der Waals surface area contributed by atoms with Crippen LogP contribution in [0.2, 0.25) is 0 Å². The quantitative estimate of drug-likeness (QED) is 0.361. The molecule has 0 bridgehead atoms. The molecule has 0 radical (unpaired) electrons. The van der Waals surface area contributed by atoms with E-state index in [1.54, 1.807) is 13.8 Å². The zero-order valence-corrected chi connectivity index (χ0v) is 13.6. The SMILES string of the molecule is CC(C)=C([CH-]OC=O)C(=O)O.[Cs+]. The van der Waals surface area contributed by atoms with Gasteiger partial charge in [0.15, 0.2) is 0 Å². The molecule has 0 saturated carbocycles. The number of hydrogen-bond acceptors (Lipinski definition) is 3. The Morgan fingerprint density at radius 3 is 2.25 bits per heavy atom. The van der Waals surface area contributed by atoms with Crippen molar-refractivity contribution in [2.75, 3.05) is 0 Å². The van der Waals surface area contributed by atoms with Crippen LogP contribution in [0.4, 0.5) is 0 Å². The Labute approximate surface area is 130 Å². The number of allylic oxidation sites excluding steroid dienone is 1. The van der Waals surface area contributed by atoms with E-state index in [9.17, 15) is 9.59 Å². The predicted molar refractivity (Wildman–Crippen MR) is 37.5 cm³/mol. The van der Waals surface area contributed by atoms with Gasteiger partial charge >= 0.3 is 68.9 Å². The number of carbonyl (C=O) groups is 2. The molecule has 0 saturated heterocycles. The van der Waals surface area contributed by atoms with Crippen molar-refractivity contribution >= 4 is 12.4 Å². The molecule has 0 spiro atoms. The van der Waals surface area contributed by atoms with Crippen molar-refractivity contribution in [1.82, 2.24) is 0 Å². The van der Waals surface area contributed by atoms with Gasteiger partial charge in [0.1, 0.15) is 0 Å². The maximum Gasteiger partial charge on any atom is 1.00 e. The Morgan fingerprint density at radius 2 is 2.00 bits per heavy atom. The second-order valence-corrected chi connectivity index (χ2v) is 2.07. The third kappa shape index (κ3) is 6.16. The van der Waals surface area contributed by atoms with Crippen LogP contribution in [-0.4, -0.2) is 17.5 Å². The van der Waals surface area contributed by atoms with Gasteiger partial charge in [-0.1, -0.05) is 19.4 Å². The molecule has 0 aliphatic rings. The summed E-state index contributed by atoms with van der Waals surface area (Å²) in [6, 6.07) is 0. The van der Waals surface area contributed by atoms with Crippen LogP contribution in [0.15, 0.2) is 11.1 Å². The summed E-state index contributed by atoms with van der Waals surface area (Å²) < 4.78 is 4.17. The molecule has 4 nitrogen and oxygen atoms in total. The van der Waals surface area contributed by atoms with Gasteiger partial charge in [-0.15, -0.1) is 0 Å². The van der Waals surface area contributed by atoms with Gasteiger partial charge < -0.3 is 14.6 Å². The number of hydrogen-bond donors (Lipinski definition) is 1. The molecule has 0 heterocycles. The fraction of sp³-hybridized carbons (Fsp3) is 0.286. The van der Waals surface area contributed by atoms with Crippen molar-refractivity contribution in [2.45, 2.75) is 13.8 Å². The number of carboxylic acids is 1. The fourth-order valence-electron chi connectivity index (χ4n) is 0.478. The molecule has 0 aliphatic carbocycles. The van der Waals surface area contributed by atoms with Gasteiger partial charge in [0.2, 0.25) is 5.97 Å². The van der Waals surface area contributed by atoms with Crippen molar-refractivity contribution in [3.63, 3.8) is 0 Å². The molecule has 1 N–H and O–H groups in total. The van der Waals surface area contributed by atoms with Crippen molar-refractivity contribution in [2.24, 2.45) is 0 Å². The van der Waals surface area contributed by atoms with Crippen LogP contribution in [0.5, 0.6) is 0 Å². The minimum Gasteiger partial charge on any atom is -0.535 e. The van der Waals surface area contributed by atoms with Gasteiger partial charge in [-0.3, -0.25) is 4.79 Å². The number of ether oxygens (including phenoxy) is 1. The van der Waals surface area contributed by atoms with E-state index in [4.69, 9.17) is 5.11 Å². The Balaban J connectivity index is 0. The molecule has 0 aromatic heterocycles. The van der Waals surface area contributed by atoms with E-state index in [0.717, 1.165) is 6.61 Å². The Hall–Kier alpha value is 0.602. The van der Waals surface area contributed by atoms with E-state index in [-0.39, 0.29) is 80.9 Å². The van der Waals surface area contributed by atoms with Gasteiger partial charge in [0.05, 0.1) is 0 Å². The number of aliphatic carboxylic acids is 1. The minimum absolute atomic E-state index is 0. The second-order valence-electron chi connectivity index (χ2n) is 2.07. The molecule has 0 aromatic rings. The summed E-state index contributed by atoms with van der Waals surface area (Å²) in [5.74, 6) is -1.10. The summed E-state index contributed by atoms with van der Waals surface area (Å²) in [5, 5.41) is 8.49. The van der Waals surface area contributed by atoms with Crippen molar-refractivity contribution in [3.8, 4) is 0 Å². The van der Waals surface area contributed by atoms with Crippen LogP contribution in [0.1, 0.15) is 13.8 Å². The van der Waals surface area contributed by atoms with Gasteiger partial charge in [-0.05, 0) is 6.61 Å². The van der Waals surface area contributed by atoms with E-state index < -0.39 is 5.97 Å². The number of rotatable bonds is 4. The normalized spacial score (nSPS) is 7.50. The summed E-state index contributed by atoms with van der Waals surface area (Å²) in [6.07, 6.45) is 0. The number of carboxylic acid groups (broad SMARTS) is 1. The van der Waals surface area contributed by atoms with Crippen molar-refractivity contribution in [3.05, 3.63) is 17.8 Å². The monoisotopic (exact) mass is 290 g/mol. The second kappa shape index (κ2) is 8.21. The molecule has 0 amide bonds. The molecule has 0 fully saturated rings. The van der Waals surface area contributed by atoms with Crippen molar-refractivity contribution in [1.29, 1.82) is 0 Å². The molecular weight excluding hydrogens is 281 g/mol. The molecule has 0 atom stereocenters. The maximum atomic E-state index is 10.4. The average molecular weight is 290 g/mol. The van der Waals surface area contributed by atoms with E-state index >= 15 is 0 Å². The van der Waals surface area contributed by atoms with Crippen molar-refractivity contribution < 1.29 is 88.3 Å². The summed E-state index contributed by atoms with van der Waals surface area (Å²) in [7, 11) is 0. The Kier molecular flexibility index (Phi) is 10.3. The third-order valence-electron chi connectivity index (χ3n) is 1.01. The molecule has 12 heavy (non-hydrogen) atoms. The minimum atomic E-state index is -1.10. The predicted octanol–water partition coefficient (Wildman–Crippen LogP) is -2.25. The molecule has 5 heteroatoms. The van der Waals surface area contributed by atoms with Gasteiger partial charge in [-0.25, -0.2) is 0 Å². The summed E-state index contributed by atoms with van der Waals surface area (Å²) in [4.78, 5) is 20.0. The van der Waals surface area contributed by atoms with Crippen LogP contribution in [0.3, 0.4) is 0 Å². The fourth-order valence-corrected chi connectivity index (χ4v) is 0.478. The first kappa shape index (κ1) is 15.1. The Morgan fingerprint density at radius 1 is 1.50 bits per heavy atom. The first-order valence-electron chi connectivity index (χ1n) is 2.92. The van der Waals surface area contributed by atoms with E-state index in [1.807, 2.05) is 0 Å². The standard InChI is InChI=1S/C7H9O4.Cs/c1-5(2)6(7(9)10)3-11-4-8;/h3-4H,1-2H3,(H,9,10);/q-1;+1. The first-order chi connectivity index (χ1) is 5.09. The summed E-state index contributed by atoms with van der Waals surface area (Å²) in [5.41, 5.74) is 0.580. The average Bonchev–Trinajstić information content (AvgIpc) is 1.87.